The maximum atomic E-state index is 13.6. The van der Waals surface area contributed by atoms with Gasteiger partial charge < -0.3 is 14.8 Å². The van der Waals surface area contributed by atoms with Crippen LogP contribution in [0.1, 0.15) is 6.92 Å². The highest BCUT2D eigenvalue weighted by atomic mass is 35.5. The standard InChI is InChI=1S/C30H23ClN2O4S/c1-2-36-23-14-10-21(11-15-23)32-27-28(38-26-18-8-20(31)9-19-26)30(35)33(29(27)34)22-12-16-25(17-13-22)37-24-6-4-3-5-7-24/h3-19,32H,2H2,1H3. The fourth-order valence-corrected chi connectivity index (χ4v) is 4.86. The molecule has 0 saturated heterocycles. The normalized spacial score (nSPS) is 13.2. The molecule has 0 atom stereocenters. The first-order chi connectivity index (χ1) is 18.5. The zero-order valence-electron chi connectivity index (χ0n) is 20.4. The summed E-state index contributed by atoms with van der Waals surface area (Å²) in [5, 5.41) is 3.74. The molecule has 38 heavy (non-hydrogen) atoms. The number of para-hydroxylation sites is 1. The summed E-state index contributed by atoms with van der Waals surface area (Å²) in [7, 11) is 0. The lowest BCUT2D eigenvalue weighted by Gasteiger charge is -2.16. The van der Waals surface area contributed by atoms with Crippen molar-refractivity contribution >= 4 is 46.6 Å². The number of amides is 2. The van der Waals surface area contributed by atoms with Crippen molar-refractivity contribution in [2.24, 2.45) is 0 Å². The first-order valence-corrected chi connectivity index (χ1v) is 13.1. The van der Waals surface area contributed by atoms with Crippen LogP contribution in [0.3, 0.4) is 0 Å². The van der Waals surface area contributed by atoms with Crippen molar-refractivity contribution in [3.05, 3.63) is 119 Å². The largest absolute Gasteiger partial charge is 0.494 e. The van der Waals surface area contributed by atoms with Gasteiger partial charge in [-0.1, -0.05) is 41.6 Å². The van der Waals surface area contributed by atoms with Gasteiger partial charge in [0.15, 0.2) is 0 Å². The number of carbonyl (C=O) groups is 2. The summed E-state index contributed by atoms with van der Waals surface area (Å²) in [6.45, 7) is 2.46. The van der Waals surface area contributed by atoms with Gasteiger partial charge in [-0.25, -0.2) is 4.90 Å². The molecule has 5 rings (SSSR count). The van der Waals surface area contributed by atoms with Gasteiger partial charge in [0.05, 0.1) is 12.3 Å². The van der Waals surface area contributed by atoms with E-state index >= 15 is 0 Å². The number of carbonyl (C=O) groups excluding carboxylic acids is 2. The third-order valence-electron chi connectivity index (χ3n) is 5.58. The molecule has 1 heterocycles. The summed E-state index contributed by atoms with van der Waals surface area (Å²) in [4.78, 5) is 29.5. The fourth-order valence-electron chi connectivity index (χ4n) is 3.80. The van der Waals surface area contributed by atoms with Gasteiger partial charge in [-0.2, -0.15) is 0 Å². The molecule has 0 aliphatic carbocycles. The number of anilines is 2. The van der Waals surface area contributed by atoms with Crippen LogP contribution >= 0.6 is 23.4 Å². The third kappa shape index (κ3) is 5.69. The molecule has 0 fully saturated rings. The van der Waals surface area contributed by atoms with Crippen LogP contribution in [0.2, 0.25) is 5.02 Å². The minimum atomic E-state index is -0.447. The summed E-state index contributed by atoms with van der Waals surface area (Å²) < 4.78 is 11.4. The lowest BCUT2D eigenvalue weighted by molar-refractivity contribution is -0.120. The molecule has 2 amide bonds. The first kappa shape index (κ1) is 25.4. The number of ether oxygens (including phenoxy) is 2. The monoisotopic (exact) mass is 542 g/mol. The minimum absolute atomic E-state index is 0.198. The van der Waals surface area contributed by atoms with Gasteiger partial charge in [-0.3, -0.25) is 9.59 Å². The van der Waals surface area contributed by atoms with E-state index in [1.807, 2.05) is 61.5 Å². The van der Waals surface area contributed by atoms with Crippen molar-refractivity contribution in [3.63, 3.8) is 0 Å². The minimum Gasteiger partial charge on any atom is -0.494 e. The van der Waals surface area contributed by atoms with Crippen molar-refractivity contribution in [1.29, 1.82) is 0 Å². The highest BCUT2D eigenvalue weighted by molar-refractivity contribution is 8.04. The summed E-state index contributed by atoms with van der Waals surface area (Å²) in [5.41, 5.74) is 1.30. The van der Waals surface area contributed by atoms with Crippen molar-refractivity contribution < 1.29 is 19.1 Å². The Morgan fingerprint density at radius 3 is 2.05 bits per heavy atom. The number of hydrogen-bond donors (Lipinski definition) is 1. The molecule has 0 radical (unpaired) electrons. The second-order valence-electron chi connectivity index (χ2n) is 8.20. The lowest BCUT2D eigenvalue weighted by atomic mass is 10.2. The van der Waals surface area contributed by atoms with E-state index in [0.717, 1.165) is 10.6 Å². The van der Waals surface area contributed by atoms with E-state index in [-0.39, 0.29) is 10.6 Å². The molecule has 1 N–H and O–H groups in total. The second-order valence-corrected chi connectivity index (χ2v) is 9.72. The highest BCUT2D eigenvalue weighted by Gasteiger charge is 2.40. The van der Waals surface area contributed by atoms with Gasteiger partial charge in [0.1, 0.15) is 27.9 Å². The van der Waals surface area contributed by atoms with Crippen molar-refractivity contribution in [2.75, 3.05) is 16.8 Å². The van der Waals surface area contributed by atoms with Crippen molar-refractivity contribution in [2.45, 2.75) is 11.8 Å². The van der Waals surface area contributed by atoms with Gasteiger partial charge in [-0.15, -0.1) is 0 Å². The Bertz CT molecular complexity index is 1470. The summed E-state index contributed by atoms with van der Waals surface area (Å²) in [6, 6.07) is 30.6. The molecule has 0 bridgehead atoms. The number of nitrogens with one attached hydrogen (secondary N) is 1. The number of imide groups is 1. The van der Waals surface area contributed by atoms with Crippen molar-refractivity contribution in [1.82, 2.24) is 0 Å². The highest BCUT2D eigenvalue weighted by Crippen LogP contribution is 2.39. The molecule has 0 spiro atoms. The molecule has 0 saturated carbocycles. The predicted octanol–water partition coefficient (Wildman–Crippen LogP) is 7.52. The van der Waals surface area contributed by atoms with Crippen LogP contribution in [-0.4, -0.2) is 18.4 Å². The number of rotatable bonds is 9. The van der Waals surface area contributed by atoms with Crippen LogP contribution in [-0.2, 0) is 9.59 Å². The van der Waals surface area contributed by atoms with Gasteiger partial charge in [-0.05, 0) is 91.9 Å². The van der Waals surface area contributed by atoms with E-state index in [4.69, 9.17) is 21.1 Å². The van der Waals surface area contributed by atoms with Crippen LogP contribution < -0.4 is 19.7 Å². The molecule has 6 nitrogen and oxygen atoms in total. The quantitative estimate of drug-likeness (QED) is 0.221. The number of thioether (sulfide) groups is 1. The molecule has 0 unspecified atom stereocenters. The van der Waals surface area contributed by atoms with Gasteiger partial charge >= 0.3 is 0 Å². The number of halogens is 1. The molecule has 1 aliphatic heterocycles. The third-order valence-corrected chi connectivity index (χ3v) is 6.93. The van der Waals surface area contributed by atoms with Crippen LogP contribution in [0.15, 0.2) is 119 Å². The Morgan fingerprint density at radius 2 is 1.39 bits per heavy atom. The van der Waals surface area contributed by atoms with Crippen LogP contribution in [0.5, 0.6) is 17.2 Å². The summed E-state index contributed by atoms with van der Waals surface area (Å²) >= 11 is 7.25. The Labute approximate surface area is 229 Å². The van der Waals surface area contributed by atoms with E-state index < -0.39 is 11.8 Å². The smallest absolute Gasteiger partial charge is 0.283 e. The molecular weight excluding hydrogens is 520 g/mol. The van der Waals surface area contributed by atoms with Crippen LogP contribution in [0.25, 0.3) is 0 Å². The second kappa shape index (κ2) is 11.5. The SMILES string of the molecule is CCOc1ccc(NC2=C(Sc3ccc(Cl)cc3)C(=O)N(c3ccc(Oc4ccccc4)cc3)C2=O)cc1. The molecule has 1 aliphatic rings. The van der Waals surface area contributed by atoms with Gasteiger partial charge in [0.25, 0.3) is 11.8 Å². The zero-order valence-corrected chi connectivity index (χ0v) is 22.0. The van der Waals surface area contributed by atoms with E-state index in [1.165, 1.54) is 16.7 Å². The number of hydrogen-bond acceptors (Lipinski definition) is 6. The molecule has 4 aromatic carbocycles. The number of nitrogens with zero attached hydrogens (tertiary/aromatic N) is 1. The molecular formula is C30H23ClN2O4S. The topological polar surface area (TPSA) is 67.9 Å². The maximum absolute atomic E-state index is 13.6. The number of benzene rings is 4. The Balaban J connectivity index is 1.43. The Hall–Kier alpha value is -4.20. The molecule has 0 aromatic heterocycles. The maximum Gasteiger partial charge on any atom is 0.283 e. The average molecular weight is 543 g/mol. The summed E-state index contributed by atoms with van der Waals surface area (Å²) in [6.07, 6.45) is 0. The molecule has 4 aromatic rings. The predicted molar refractivity (Wildman–Crippen MR) is 151 cm³/mol. The Morgan fingerprint density at radius 1 is 0.763 bits per heavy atom. The average Bonchev–Trinajstić information content (AvgIpc) is 3.16. The summed E-state index contributed by atoms with van der Waals surface area (Å²) in [5.74, 6) is 1.14. The van der Waals surface area contributed by atoms with E-state index in [1.54, 1.807) is 48.5 Å². The zero-order chi connectivity index (χ0) is 26.5. The lowest BCUT2D eigenvalue weighted by Crippen LogP contribution is -2.32. The molecule has 190 valence electrons. The van der Waals surface area contributed by atoms with Crippen LogP contribution in [0, 0.1) is 0 Å². The van der Waals surface area contributed by atoms with E-state index in [0.29, 0.717) is 34.5 Å². The van der Waals surface area contributed by atoms with Crippen molar-refractivity contribution in [3.8, 4) is 17.2 Å². The fraction of sp³-hybridized carbons (Fsp3) is 0.0667. The van der Waals surface area contributed by atoms with E-state index in [9.17, 15) is 9.59 Å². The first-order valence-electron chi connectivity index (χ1n) is 11.9. The Kier molecular flexibility index (Phi) is 7.67. The van der Waals surface area contributed by atoms with E-state index in [2.05, 4.69) is 5.32 Å². The van der Waals surface area contributed by atoms with Gasteiger partial charge in [0.2, 0.25) is 0 Å². The van der Waals surface area contributed by atoms with Crippen LogP contribution in [0.4, 0.5) is 11.4 Å². The van der Waals surface area contributed by atoms with Gasteiger partial charge in [0, 0.05) is 15.6 Å². The molecule has 8 heteroatoms.